The summed E-state index contributed by atoms with van der Waals surface area (Å²) in [5.41, 5.74) is -1.99. The molecule has 2 aliphatic rings. The van der Waals surface area contributed by atoms with Crippen molar-refractivity contribution in [3.05, 3.63) is 0 Å². The Bertz CT molecular complexity index is 1050. The maximum atomic E-state index is 12.7. The van der Waals surface area contributed by atoms with E-state index < -0.39 is 47.0 Å². The fraction of sp³-hybridized carbons (Fsp3) is 0.889. The summed E-state index contributed by atoms with van der Waals surface area (Å²) < 4.78 is 21.6. The van der Waals surface area contributed by atoms with Crippen molar-refractivity contribution in [2.75, 3.05) is 6.79 Å². The molecular weight excluding hydrogens is 620 g/mol. The fourth-order valence-electron chi connectivity index (χ4n) is 7.17. The number of carbonyl (C=O) groups is 4. The normalized spacial score (nSPS) is 21.8. The van der Waals surface area contributed by atoms with E-state index in [1.165, 1.54) is 5.06 Å². The number of nitrogens with zero attached hydrogens (tertiary/aromatic N) is 2. The van der Waals surface area contributed by atoms with Gasteiger partial charge in [-0.05, 0) is 75.2 Å². The molecule has 0 aliphatic carbocycles. The van der Waals surface area contributed by atoms with Gasteiger partial charge in [-0.25, -0.2) is 4.79 Å². The number of unbranched alkanes of at least 4 members (excludes halogenated alkanes) is 5. The predicted octanol–water partition coefficient (Wildman–Crippen LogP) is 6.65. The minimum Gasteiger partial charge on any atom is -0.462 e. The molecule has 48 heavy (non-hydrogen) atoms. The molecule has 0 amide bonds. The molecule has 0 bridgehead atoms. The summed E-state index contributed by atoms with van der Waals surface area (Å²) in [6, 6.07) is 0. The highest BCUT2D eigenvalue weighted by Gasteiger charge is 2.49. The zero-order chi connectivity index (χ0) is 36.5. The third-order valence-corrected chi connectivity index (χ3v) is 9.23. The van der Waals surface area contributed by atoms with Crippen LogP contribution in [0.15, 0.2) is 0 Å². The van der Waals surface area contributed by atoms with Gasteiger partial charge in [0.1, 0.15) is 12.2 Å². The number of rotatable bonds is 17. The number of hydrogen-bond donors (Lipinski definition) is 1. The van der Waals surface area contributed by atoms with Crippen molar-refractivity contribution >= 4 is 23.9 Å². The number of hydroxylamine groups is 4. The first-order valence-corrected chi connectivity index (χ1v) is 17.8. The summed E-state index contributed by atoms with van der Waals surface area (Å²) in [5.74, 6) is -1.80. The minimum atomic E-state index is -0.926. The first kappa shape index (κ1) is 41.9. The summed E-state index contributed by atoms with van der Waals surface area (Å²) in [7, 11) is 0. The van der Waals surface area contributed by atoms with E-state index in [1.54, 1.807) is 25.8 Å². The van der Waals surface area contributed by atoms with E-state index in [9.17, 15) is 24.4 Å². The third-order valence-electron chi connectivity index (χ3n) is 9.23. The molecule has 278 valence electrons. The van der Waals surface area contributed by atoms with Crippen LogP contribution in [0.1, 0.15) is 153 Å². The quantitative estimate of drug-likeness (QED) is 0.0759. The monoisotopic (exact) mass is 684 g/mol. The predicted molar refractivity (Wildman–Crippen MR) is 179 cm³/mol. The molecule has 1 N–H and O–H groups in total. The van der Waals surface area contributed by atoms with Crippen molar-refractivity contribution in [2.45, 2.75) is 194 Å². The molecule has 0 radical (unpaired) electrons. The van der Waals surface area contributed by atoms with Crippen LogP contribution < -0.4 is 0 Å². The highest BCUT2D eigenvalue weighted by atomic mass is 16.7. The molecule has 2 saturated heterocycles. The lowest BCUT2D eigenvalue weighted by atomic mass is 9.80. The molecule has 2 rings (SSSR count). The molecule has 2 aliphatic heterocycles. The van der Waals surface area contributed by atoms with Crippen molar-refractivity contribution in [1.29, 1.82) is 0 Å². The average molecular weight is 685 g/mol. The van der Waals surface area contributed by atoms with Crippen LogP contribution in [0.3, 0.4) is 0 Å². The lowest BCUT2D eigenvalue weighted by Crippen LogP contribution is -2.63. The van der Waals surface area contributed by atoms with Crippen LogP contribution in [-0.4, -0.2) is 86.5 Å². The number of hydrogen-bond acceptors (Lipinski definition) is 12. The van der Waals surface area contributed by atoms with E-state index in [0.29, 0.717) is 38.5 Å². The highest BCUT2D eigenvalue weighted by Crippen LogP contribution is 2.41. The molecule has 0 aromatic heterocycles. The first-order chi connectivity index (χ1) is 22.1. The number of carbonyl (C=O) groups excluding carboxylic acids is 4. The Morgan fingerprint density at radius 2 is 1.00 bits per heavy atom. The van der Waals surface area contributed by atoms with Gasteiger partial charge in [-0.1, -0.05) is 39.5 Å². The van der Waals surface area contributed by atoms with Gasteiger partial charge < -0.3 is 24.2 Å². The Labute approximate surface area is 288 Å². The molecule has 2 heterocycles. The summed E-state index contributed by atoms with van der Waals surface area (Å²) in [6.45, 7) is 20.3. The lowest BCUT2D eigenvalue weighted by Gasteiger charge is -2.53. The Morgan fingerprint density at radius 1 is 0.625 bits per heavy atom. The van der Waals surface area contributed by atoms with Crippen LogP contribution in [0.25, 0.3) is 0 Å². The van der Waals surface area contributed by atoms with Crippen molar-refractivity contribution in [1.82, 2.24) is 10.1 Å². The van der Waals surface area contributed by atoms with Crippen molar-refractivity contribution in [3.8, 4) is 0 Å². The molecule has 1 atom stereocenters. The van der Waals surface area contributed by atoms with Gasteiger partial charge in [0.25, 0.3) is 0 Å². The summed E-state index contributed by atoms with van der Waals surface area (Å²) in [6.07, 6.45) is 6.94. The topological polar surface area (TPSA) is 141 Å². The standard InChI is InChI=1S/C36H64N2O10/c1-25(2)31(41)44-24-45-32(42)26(3)48-38-35(8,9)22-28(23-36(38,10)11)47-30(40)19-17-15-13-12-14-16-18-29(39)46-27-20-33(4,5)37(43)34(6,7)21-27/h25-28,43H,12-24H2,1-11H3. The summed E-state index contributed by atoms with van der Waals surface area (Å²) >= 11 is 0. The van der Waals surface area contributed by atoms with Gasteiger partial charge in [0.2, 0.25) is 6.79 Å². The molecule has 12 nitrogen and oxygen atoms in total. The second kappa shape index (κ2) is 17.6. The second-order valence-corrected chi connectivity index (χ2v) is 16.5. The van der Waals surface area contributed by atoms with Crippen LogP contribution in [0.4, 0.5) is 0 Å². The molecule has 2 fully saturated rings. The maximum absolute atomic E-state index is 12.7. The smallest absolute Gasteiger partial charge is 0.339 e. The lowest BCUT2D eigenvalue weighted by molar-refractivity contribution is -0.310. The van der Waals surface area contributed by atoms with Crippen molar-refractivity contribution < 1.29 is 48.2 Å². The molecule has 0 aromatic rings. The van der Waals surface area contributed by atoms with Crippen LogP contribution >= 0.6 is 0 Å². The summed E-state index contributed by atoms with van der Waals surface area (Å²) in [4.78, 5) is 55.3. The van der Waals surface area contributed by atoms with Crippen molar-refractivity contribution in [2.24, 2.45) is 5.92 Å². The minimum absolute atomic E-state index is 0.178. The number of ether oxygens (including phenoxy) is 4. The van der Waals surface area contributed by atoms with Gasteiger partial charge in [0.15, 0.2) is 6.10 Å². The molecular formula is C36H64N2O10. The Hall–Kier alpha value is -2.28. The molecule has 0 spiro atoms. The first-order valence-electron chi connectivity index (χ1n) is 17.8. The second-order valence-electron chi connectivity index (χ2n) is 16.5. The van der Waals surface area contributed by atoms with Crippen LogP contribution in [0.2, 0.25) is 0 Å². The van der Waals surface area contributed by atoms with Crippen LogP contribution in [0, 0.1) is 5.92 Å². The highest BCUT2D eigenvalue weighted by molar-refractivity contribution is 5.75. The zero-order valence-corrected chi connectivity index (χ0v) is 31.5. The third kappa shape index (κ3) is 12.9. The number of piperidine rings is 2. The number of esters is 4. The van der Waals surface area contributed by atoms with E-state index in [1.807, 2.05) is 55.4 Å². The van der Waals surface area contributed by atoms with Gasteiger partial charge >= 0.3 is 23.9 Å². The molecule has 0 aromatic carbocycles. The van der Waals surface area contributed by atoms with Gasteiger partial charge in [-0.2, -0.15) is 10.1 Å². The van der Waals surface area contributed by atoms with E-state index in [4.69, 9.17) is 23.8 Å². The van der Waals surface area contributed by atoms with Crippen LogP contribution in [0.5, 0.6) is 0 Å². The van der Waals surface area contributed by atoms with Gasteiger partial charge in [0.05, 0.1) is 5.92 Å². The van der Waals surface area contributed by atoms with E-state index >= 15 is 0 Å². The fourth-order valence-corrected chi connectivity index (χ4v) is 7.17. The van der Waals surface area contributed by atoms with Crippen LogP contribution in [-0.2, 0) is 43.0 Å². The van der Waals surface area contributed by atoms with E-state index in [2.05, 4.69) is 0 Å². The average Bonchev–Trinajstić information content (AvgIpc) is 2.93. The largest absolute Gasteiger partial charge is 0.462 e. The van der Waals surface area contributed by atoms with Crippen molar-refractivity contribution in [3.63, 3.8) is 0 Å². The zero-order valence-electron chi connectivity index (χ0n) is 31.5. The van der Waals surface area contributed by atoms with Gasteiger partial charge in [0, 0.05) is 60.7 Å². The summed E-state index contributed by atoms with van der Waals surface area (Å²) in [5, 5.41) is 13.6. The van der Waals surface area contributed by atoms with Gasteiger partial charge in [-0.15, -0.1) is 0 Å². The van der Waals surface area contributed by atoms with Gasteiger partial charge in [-0.3, -0.25) is 19.2 Å². The Kier molecular flexibility index (Phi) is 15.3. The SMILES string of the molecule is CC(C)C(=O)OCOC(=O)C(C)ON1C(C)(C)CC(OC(=O)CCCCCCCCC(=O)OC2CC(C)(C)N(O)C(C)(C)C2)CC1(C)C. The molecule has 12 heteroatoms. The molecule has 1 unspecified atom stereocenters. The Balaban J connectivity index is 1.64. The maximum Gasteiger partial charge on any atom is 0.339 e. The van der Waals surface area contributed by atoms with E-state index in [0.717, 1.165) is 38.5 Å². The Morgan fingerprint density at radius 3 is 1.42 bits per heavy atom. The molecule has 0 saturated carbocycles. The van der Waals surface area contributed by atoms with E-state index in [-0.39, 0.29) is 30.1 Å².